The number of benzene rings is 3. The minimum Gasteiger partial charge on any atom is -0.506 e. The molecule has 3 aromatic carbocycles. The second-order valence-electron chi connectivity index (χ2n) is 8.76. The molecular weight excluding hydrogens is 510 g/mol. The Morgan fingerprint density at radius 2 is 1.84 bits per heavy atom. The number of esters is 1. The van der Waals surface area contributed by atoms with E-state index in [1.54, 1.807) is 24.0 Å². The summed E-state index contributed by atoms with van der Waals surface area (Å²) in [6, 6.07) is 15.2. The zero-order chi connectivity index (χ0) is 27.1. The van der Waals surface area contributed by atoms with Crippen molar-refractivity contribution in [1.29, 1.82) is 0 Å². The first-order valence-electron chi connectivity index (χ1n) is 12.3. The molecule has 1 aliphatic heterocycles. The lowest BCUT2D eigenvalue weighted by Gasteiger charge is -2.30. The van der Waals surface area contributed by atoms with Gasteiger partial charge in [-0.25, -0.2) is 5.43 Å². The maximum absolute atomic E-state index is 12.7. The third-order valence-electron chi connectivity index (χ3n) is 6.32. The number of carbonyl (C=O) groups excluding carboxylic acids is 3. The van der Waals surface area contributed by atoms with Crippen molar-refractivity contribution in [2.75, 3.05) is 26.3 Å². The van der Waals surface area contributed by atoms with Crippen LogP contribution in [0.5, 0.6) is 11.5 Å². The van der Waals surface area contributed by atoms with Crippen molar-refractivity contribution < 1.29 is 29.0 Å². The van der Waals surface area contributed by atoms with Gasteiger partial charge in [0, 0.05) is 29.6 Å². The second kappa shape index (κ2) is 12.4. The minimum atomic E-state index is -0.475. The first-order chi connectivity index (χ1) is 18.4. The molecule has 1 heterocycles. The van der Waals surface area contributed by atoms with Crippen LogP contribution >= 0.6 is 11.6 Å². The van der Waals surface area contributed by atoms with Crippen LogP contribution in [0.3, 0.4) is 0 Å². The summed E-state index contributed by atoms with van der Waals surface area (Å²) in [6.07, 6.45) is 2.68. The first kappa shape index (κ1) is 26.9. The third kappa shape index (κ3) is 6.41. The van der Waals surface area contributed by atoms with Crippen molar-refractivity contribution >= 4 is 46.4 Å². The fourth-order valence-corrected chi connectivity index (χ4v) is 4.44. The Labute approximate surface area is 225 Å². The van der Waals surface area contributed by atoms with Crippen LogP contribution in [0, 0.1) is 5.92 Å². The Hall–Kier alpha value is -4.11. The molecule has 38 heavy (non-hydrogen) atoms. The van der Waals surface area contributed by atoms with Crippen LogP contribution in [0.15, 0.2) is 59.7 Å². The van der Waals surface area contributed by atoms with Gasteiger partial charge in [0.2, 0.25) is 0 Å². The van der Waals surface area contributed by atoms with Gasteiger partial charge in [0.05, 0.1) is 23.8 Å². The third-order valence-corrected chi connectivity index (χ3v) is 6.62. The summed E-state index contributed by atoms with van der Waals surface area (Å²) in [7, 11) is 0. The monoisotopic (exact) mass is 537 g/mol. The van der Waals surface area contributed by atoms with E-state index in [2.05, 4.69) is 10.5 Å². The quantitative estimate of drug-likeness (QED) is 0.253. The highest BCUT2D eigenvalue weighted by Crippen LogP contribution is 2.28. The summed E-state index contributed by atoms with van der Waals surface area (Å²) in [5.74, 6) is -0.538. The van der Waals surface area contributed by atoms with E-state index in [0.29, 0.717) is 38.3 Å². The van der Waals surface area contributed by atoms with E-state index in [0.717, 1.165) is 16.3 Å². The van der Waals surface area contributed by atoms with Crippen LogP contribution < -0.4 is 10.2 Å². The van der Waals surface area contributed by atoms with E-state index in [9.17, 15) is 19.5 Å². The van der Waals surface area contributed by atoms with Crippen molar-refractivity contribution in [3.8, 4) is 11.5 Å². The largest absolute Gasteiger partial charge is 0.506 e. The van der Waals surface area contributed by atoms with Gasteiger partial charge in [0.25, 0.3) is 11.8 Å². The number of hydrogen-bond donors (Lipinski definition) is 2. The number of fused-ring (bicyclic) bond motifs is 1. The zero-order valence-electron chi connectivity index (χ0n) is 20.9. The molecule has 0 spiro atoms. The van der Waals surface area contributed by atoms with Gasteiger partial charge in [-0.2, -0.15) is 5.10 Å². The molecule has 0 radical (unpaired) electrons. The van der Waals surface area contributed by atoms with E-state index < -0.39 is 5.91 Å². The summed E-state index contributed by atoms with van der Waals surface area (Å²) in [4.78, 5) is 38.7. The highest BCUT2D eigenvalue weighted by molar-refractivity contribution is 6.32. The molecule has 9 nitrogen and oxygen atoms in total. The smallest absolute Gasteiger partial charge is 0.309 e. The number of nitrogens with zero attached hydrogens (tertiary/aromatic N) is 2. The zero-order valence-corrected chi connectivity index (χ0v) is 21.6. The molecule has 1 fully saturated rings. The van der Waals surface area contributed by atoms with E-state index in [4.69, 9.17) is 21.1 Å². The van der Waals surface area contributed by atoms with Gasteiger partial charge in [-0.3, -0.25) is 14.4 Å². The fourth-order valence-electron chi connectivity index (χ4n) is 4.26. The van der Waals surface area contributed by atoms with Crippen LogP contribution in [0.25, 0.3) is 10.8 Å². The van der Waals surface area contributed by atoms with Crippen LogP contribution in [-0.2, 0) is 14.3 Å². The van der Waals surface area contributed by atoms with Gasteiger partial charge >= 0.3 is 5.97 Å². The SMILES string of the molecule is CCOC(=O)C1CCN(C(=O)COc2ccc(C=NNC(=O)c3ccc(O)c(Cl)c3)c3ccccc23)CC1. The first-order valence-corrected chi connectivity index (χ1v) is 12.7. The highest BCUT2D eigenvalue weighted by Gasteiger charge is 2.28. The molecule has 2 N–H and O–H groups in total. The maximum atomic E-state index is 12.7. The van der Waals surface area contributed by atoms with Crippen molar-refractivity contribution in [2.45, 2.75) is 19.8 Å². The number of phenolic OH excluding ortho intramolecular Hbond substituents is 1. The Morgan fingerprint density at radius 1 is 1.11 bits per heavy atom. The van der Waals surface area contributed by atoms with Crippen molar-refractivity contribution in [3.63, 3.8) is 0 Å². The summed E-state index contributed by atoms with van der Waals surface area (Å²) in [6.45, 7) is 3.00. The molecule has 4 rings (SSSR count). The van der Waals surface area contributed by atoms with Gasteiger partial charge < -0.3 is 19.5 Å². The number of hydrogen-bond acceptors (Lipinski definition) is 7. The van der Waals surface area contributed by atoms with Crippen LogP contribution in [0.1, 0.15) is 35.7 Å². The molecule has 2 amide bonds. The van der Waals surface area contributed by atoms with E-state index in [1.165, 1.54) is 24.4 Å². The number of amides is 2. The minimum absolute atomic E-state index is 0.0721. The Bertz CT molecular complexity index is 1370. The highest BCUT2D eigenvalue weighted by atomic mass is 35.5. The number of nitrogens with one attached hydrogen (secondary N) is 1. The standard InChI is InChI=1S/C28H28ClN3O6/c1-2-37-28(36)18-11-13-32(14-12-18)26(34)17-38-25-10-8-20(21-5-3-4-6-22(21)25)16-30-31-27(35)19-7-9-24(33)23(29)15-19/h3-10,15-16,18,33H,2,11-14,17H2,1H3,(H,31,35). The lowest BCUT2D eigenvalue weighted by atomic mass is 9.97. The van der Waals surface area contributed by atoms with Gasteiger partial charge in [0.15, 0.2) is 6.61 Å². The fraction of sp³-hybridized carbons (Fsp3) is 0.286. The molecule has 3 aromatic rings. The molecule has 0 unspecified atom stereocenters. The van der Waals surface area contributed by atoms with Crippen LogP contribution in [0.2, 0.25) is 5.02 Å². The molecule has 0 aliphatic carbocycles. The van der Waals surface area contributed by atoms with E-state index >= 15 is 0 Å². The lowest BCUT2D eigenvalue weighted by molar-refractivity contribution is -0.151. The molecule has 1 aliphatic rings. The molecule has 0 saturated carbocycles. The maximum Gasteiger partial charge on any atom is 0.309 e. The predicted molar refractivity (Wildman–Crippen MR) is 144 cm³/mol. The van der Waals surface area contributed by atoms with Gasteiger partial charge in [0.1, 0.15) is 11.5 Å². The van der Waals surface area contributed by atoms with Gasteiger partial charge in [-0.1, -0.05) is 35.9 Å². The van der Waals surface area contributed by atoms with E-state index in [1.807, 2.05) is 24.3 Å². The van der Waals surface area contributed by atoms with Crippen molar-refractivity contribution in [2.24, 2.45) is 11.0 Å². The van der Waals surface area contributed by atoms with Gasteiger partial charge in [-0.05, 0) is 55.5 Å². The lowest BCUT2D eigenvalue weighted by Crippen LogP contribution is -2.42. The number of rotatable bonds is 8. The average molecular weight is 538 g/mol. The van der Waals surface area contributed by atoms with Crippen molar-refractivity contribution in [1.82, 2.24) is 10.3 Å². The number of aromatic hydroxyl groups is 1. The number of piperidine rings is 1. The number of carbonyl (C=O) groups is 3. The van der Waals surface area contributed by atoms with Crippen LogP contribution in [-0.4, -0.2) is 60.3 Å². The number of likely N-dealkylation sites (tertiary alicyclic amines) is 1. The molecule has 0 bridgehead atoms. The average Bonchev–Trinajstić information content (AvgIpc) is 2.93. The van der Waals surface area contributed by atoms with Crippen LogP contribution in [0.4, 0.5) is 0 Å². The number of ether oxygens (including phenoxy) is 2. The molecule has 1 saturated heterocycles. The Morgan fingerprint density at radius 3 is 2.55 bits per heavy atom. The second-order valence-corrected chi connectivity index (χ2v) is 9.17. The van der Waals surface area contributed by atoms with Crippen molar-refractivity contribution in [3.05, 3.63) is 70.7 Å². The Balaban J connectivity index is 1.38. The molecular formula is C28H28ClN3O6. The molecule has 0 aromatic heterocycles. The molecule has 198 valence electrons. The van der Waals surface area contributed by atoms with E-state index in [-0.39, 0.29) is 40.7 Å². The number of phenols is 1. The Kier molecular flexibility index (Phi) is 8.81. The molecule has 0 atom stereocenters. The summed E-state index contributed by atoms with van der Waals surface area (Å²) >= 11 is 5.86. The summed E-state index contributed by atoms with van der Waals surface area (Å²) in [5, 5.41) is 15.3. The van der Waals surface area contributed by atoms with Gasteiger partial charge in [-0.15, -0.1) is 0 Å². The topological polar surface area (TPSA) is 118 Å². The number of halogens is 1. The number of hydrazone groups is 1. The summed E-state index contributed by atoms with van der Waals surface area (Å²) in [5.41, 5.74) is 3.44. The summed E-state index contributed by atoms with van der Waals surface area (Å²) < 4.78 is 11.0. The molecule has 10 heteroatoms. The predicted octanol–water partition coefficient (Wildman–Crippen LogP) is 4.14. The normalized spacial score (nSPS) is 14.0.